The van der Waals surface area contributed by atoms with Crippen LogP contribution in [0.15, 0.2) is 43.4 Å². The highest BCUT2D eigenvalue weighted by molar-refractivity contribution is 5.99. The number of benzene rings is 1. The summed E-state index contributed by atoms with van der Waals surface area (Å²) in [5.74, 6) is -0.0299. The zero-order valence-electron chi connectivity index (χ0n) is 23.1. The lowest BCUT2D eigenvalue weighted by Crippen LogP contribution is -2.42. The number of rotatable bonds is 9. The van der Waals surface area contributed by atoms with Crippen molar-refractivity contribution in [2.24, 2.45) is 5.73 Å². The Bertz CT molecular complexity index is 1500. The number of piperidine rings is 1. The molecule has 13 nitrogen and oxygen atoms in total. The highest BCUT2D eigenvalue weighted by Crippen LogP contribution is 2.34. The number of nitrogens with two attached hydrogens (primary N) is 1. The maximum Gasteiger partial charge on any atom is 0.254 e. The molecule has 5 rings (SSSR count). The third-order valence-electron chi connectivity index (χ3n) is 7.32. The molecule has 2 fully saturated rings. The minimum Gasteiger partial charge on any atom is -0.495 e. The van der Waals surface area contributed by atoms with Crippen molar-refractivity contribution in [3.63, 3.8) is 0 Å². The summed E-state index contributed by atoms with van der Waals surface area (Å²) in [5, 5.41) is 10.7. The van der Waals surface area contributed by atoms with Crippen LogP contribution < -0.4 is 21.1 Å². The molecule has 4 N–H and O–H groups in total. The van der Waals surface area contributed by atoms with E-state index < -0.39 is 5.91 Å². The number of ether oxygens (including phenoxy) is 1. The molecule has 0 spiro atoms. The molecule has 3 aromatic rings. The number of aryl methyl sites for hydroxylation is 1. The van der Waals surface area contributed by atoms with E-state index in [-0.39, 0.29) is 35.2 Å². The van der Waals surface area contributed by atoms with Gasteiger partial charge in [-0.2, -0.15) is 10.1 Å². The number of carbonyl (C=O) groups excluding carboxylic acids is 3. The lowest BCUT2D eigenvalue weighted by molar-refractivity contribution is -0.127. The van der Waals surface area contributed by atoms with Crippen LogP contribution in [-0.2, 0) is 4.79 Å². The van der Waals surface area contributed by atoms with Crippen LogP contribution in [0.5, 0.6) is 5.75 Å². The van der Waals surface area contributed by atoms with Crippen LogP contribution in [0.1, 0.15) is 51.6 Å². The van der Waals surface area contributed by atoms with Gasteiger partial charge in [0.25, 0.3) is 11.8 Å². The van der Waals surface area contributed by atoms with E-state index in [1.807, 2.05) is 17.8 Å². The van der Waals surface area contributed by atoms with Crippen molar-refractivity contribution in [3.8, 4) is 5.75 Å². The van der Waals surface area contributed by atoms with Crippen LogP contribution in [-0.4, -0.2) is 80.6 Å². The first kappa shape index (κ1) is 27.6. The monoisotopic (exact) mass is 559 g/mol. The maximum atomic E-state index is 12.8. The number of carbonyl (C=O) groups is 3. The lowest BCUT2D eigenvalue weighted by Gasteiger charge is -2.32. The predicted molar refractivity (Wildman–Crippen MR) is 153 cm³/mol. The van der Waals surface area contributed by atoms with Gasteiger partial charge in [0.1, 0.15) is 17.1 Å². The molecule has 1 atom stereocenters. The molecule has 0 radical (unpaired) electrons. The summed E-state index contributed by atoms with van der Waals surface area (Å²) in [6.45, 7) is 8.15. The molecule has 2 saturated heterocycles. The van der Waals surface area contributed by atoms with Gasteiger partial charge >= 0.3 is 0 Å². The van der Waals surface area contributed by atoms with E-state index in [9.17, 15) is 14.4 Å². The quantitative estimate of drug-likeness (QED) is 0.335. The number of nitrogens with zero attached hydrogens (tertiary/aromatic N) is 6. The highest BCUT2D eigenvalue weighted by atomic mass is 16.5. The van der Waals surface area contributed by atoms with Crippen LogP contribution >= 0.6 is 0 Å². The Kier molecular flexibility index (Phi) is 7.86. The lowest BCUT2D eigenvalue weighted by atomic mass is 10.1. The second kappa shape index (κ2) is 11.7. The minimum absolute atomic E-state index is 0.0324. The Labute approximate surface area is 237 Å². The molecule has 0 bridgehead atoms. The number of anilines is 4. The van der Waals surface area contributed by atoms with Crippen molar-refractivity contribution in [3.05, 3.63) is 60.1 Å². The van der Waals surface area contributed by atoms with Crippen molar-refractivity contribution < 1.29 is 19.1 Å². The highest BCUT2D eigenvalue weighted by Gasteiger charge is 2.25. The van der Waals surface area contributed by atoms with Gasteiger partial charge in [0.05, 0.1) is 30.7 Å². The molecule has 0 aliphatic carbocycles. The third-order valence-corrected chi connectivity index (χ3v) is 7.32. The summed E-state index contributed by atoms with van der Waals surface area (Å²) in [7, 11) is 1.51. The second-order valence-electron chi connectivity index (χ2n) is 10.1. The molecule has 0 saturated carbocycles. The van der Waals surface area contributed by atoms with Gasteiger partial charge in [0.2, 0.25) is 11.9 Å². The molecule has 3 amide bonds. The number of aromatic nitrogens is 4. The molecule has 41 heavy (non-hydrogen) atoms. The molecule has 2 aromatic heterocycles. The van der Waals surface area contributed by atoms with Gasteiger partial charge in [-0.1, -0.05) is 6.58 Å². The van der Waals surface area contributed by atoms with E-state index >= 15 is 0 Å². The normalized spacial score (nSPS) is 16.5. The standard InChI is InChI=1S/C28H33N9O4/c1-4-23(38)36-8-5-7-20(16-36)37-15-19(13-31-37)32-28-30-14-21(25(29)39)26(34-28)33-24-17(2)11-18(12-22(24)41-3)27(40)35-9-6-10-35/h4,11-15,20H,1,5-10,16H2,2-3H3,(H2,29,39)(H2,30,32,33,34)/t20-/m0/s1. The number of nitrogens with one attached hydrogen (secondary N) is 2. The predicted octanol–water partition coefficient (Wildman–Crippen LogP) is 2.77. The molecule has 2 aliphatic rings. The van der Waals surface area contributed by atoms with E-state index in [0.717, 1.165) is 37.9 Å². The van der Waals surface area contributed by atoms with Crippen molar-refractivity contribution in [1.82, 2.24) is 29.5 Å². The maximum absolute atomic E-state index is 12.8. The molecule has 4 heterocycles. The number of hydrogen-bond acceptors (Lipinski definition) is 9. The molecule has 13 heteroatoms. The molecule has 1 aromatic carbocycles. The van der Waals surface area contributed by atoms with Crippen LogP contribution in [0.3, 0.4) is 0 Å². The van der Waals surface area contributed by atoms with E-state index in [1.54, 1.807) is 28.1 Å². The van der Waals surface area contributed by atoms with Crippen LogP contribution in [0, 0.1) is 6.92 Å². The largest absolute Gasteiger partial charge is 0.495 e. The summed E-state index contributed by atoms with van der Waals surface area (Å²) in [6, 6.07) is 3.48. The number of likely N-dealkylation sites (tertiary alicyclic amines) is 2. The van der Waals surface area contributed by atoms with Crippen LogP contribution in [0.2, 0.25) is 0 Å². The second-order valence-corrected chi connectivity index (χ2v) is 10.1. The Morgan fingerprint density at radius 2 is 1.90 bits per heavy atom. The molecular formula is C28H33N9O4. The Hall–Kier alpha value is -4.94. The average Bonchev–Trinajstić information content (AvgIpc) is 3.41. The van der Waals surface area contributed by atoms with Crippen molar-refractivity contribution in [2.45, 2.75) is 32.2 Å². The molecular weight excluding hydrogens is 526 g/mol. The van der Waals surface area contributed by atoms with E-state index in [0.29, 0.717) is 35.8 Å². The summed E-state index contributed by atoms with van der Waals surface area (Å²) in [5.41, 5.74) is 8.14. The number of amides is 3. The number of hydrogen-bond donors (Lipinski definition) is 3. The Morgan fingerprint density at radius 1 is 1.12 bits per heavy atom. The third kappa shape index (κ3) is 5.83. The number of primary amides is 1. The topological polar surface area (TPSA) is 161 Å². The SMILES string of the molecule is C=CC(=O)N1CCC[C@H](n2cc(Nc3ncc(C(N)=O)c(Nc4c(C)cc(C(=O)N5CCC5)cc4OC)n3)cn2)C1. The van der Waals surface area contributed by atoms with Crippen molar-refractivity contribution >= 4 is 40.9 Å². The summed E-state index contributed by atoms with van der Waals surface area (Å²) >= 11 is 0. The van der Waals surface area contributed by atoms with E-state index in [2.05, 4.69) is 32.3 Å². The van der Waals surface area contributed by atoms with Crippen molar-refractivity contribution in [2.75, 3.05) is 43.9 Å². The van der Waals surface area contributed by atoms with Gasteiger partial charge in [0, 0.05) is 44.1 Å². The fourth-order valence-corrected chi connectivity index (χ4v) is 4.97. The minimum atomic E-state index is -0.705. The van der Waals surface area contributed by atoms with Gasteiger partial charge in [-0.15, -0.1) is 0 Å². The fraction of sp³-hybridized carbons (Fsp3) is 0.357. The summed E-state index contributed by atoms with van der Waals surface area (Å²) < 4.78 is 7.41. The first-order valence-electron chi connectivity index (χ1n) is 13.4. The molecule has 214 valence electrons. The van der Waals surface area contributed by atoms with Gasteiger partial charge < -0.3 is 30.9 Å². The van der Waals surface area contributed by atoms with Crippen LogP contribution in [0.4, 0.5) is 23.1 Å². The first-order chi connectivity index (χ1) is 19.8. The smallest absolute Gasteiger partial charge is 0.254 e. The van der Waals surface area contributed by atoms with Crippen molar-refractivity contribution in [1.29, 1.82) is 0 Å². The van der Waals surface area contributed by atoms with Gasteiger partial charge in [-0.25, -0.2) is 4.98 Å². The molecule has 0 unspecified atom stereocenters. The summed E-state index contributed by atoms with van der Waals surface area (Å²) in [6.07, 6.45) is 8.90. The average molecular weight is 560 g/mol. The Balaban J connectivity index is 1.37. The van der Waals surface area contributed by atoms with E-state index in [1.165, 1.54) is 19.4 Å². The zero-order valence-corrected chi connectivity index (χ0v) is 23.1. The fourth-order valence-electron chi connectivity index (χ4n) is 4.97. The van der Waals surface area contributed by atoms with Gasteiger partial charge in [-0.05, 0) is 50.0 Å². The van der Waals surface area contributed by atoms with Gasteiger partial charge in [0.15, 0.2) is 0 Å². The number of methoxy groups -OCH3 is 1. The van der Waals surface area contributed by atoms with Gasteiger partial charge in [-0.3, -0.25) is 19.1 Å². The Morgan fingerprint density at radius 3 is 2.59 bits per heavy atom. The van der Waals surface area contributed by atoms with E-state index in [4.69, 9.17) is 10.5 Å². The summed E-state index contributed by atoms with van der Waals surface area (Å²) in [4.78, 5) is 49.4. The van der Waals surface area contributed by atoms with Crippen LogP contribution in [0.25, 0.3) is 0 Å². The molecule has 2 aliphatic heterocycles. The zero-order chi connectivity index (χ0) is 29.1. The first-order valence-corrected chi connectivity index (χ1v) is 13.4.